The molecule has 0 atom stereocenters. The van der Waals surface area contributed by atoms with Crippen LogP contribution in [0.15, 0.2) is 22.8 Å². The number of hydrogen-bond donors (Lipinski definition) is 0. The molecule has 3 fully saturated rings. The van der Waals surface area contributed by atoms with Gasteiger partial charge in [0.2, 0.25) is 11.8 Å². The van der Waals surface area contributed by atoms with Crippen LogP contribution in [0.2, 0.25) is 0 Å². The first kappa shape index (κ1) is 16.2. The van der Waals surface area contributed by atoms with E-state index in [1.807, 2.05) is 4.90 Å². The highest BCUT2D eigenvalue weighted by Crippen LogP contribution is 2.49. The first-order valence-corrected chi connectivity index (χ1v) is 9.03. The van der Waals surface area contributed by atoms with Crippen molar-refractivity contribution in [2.24, 2.45) is 5.41 Å². The van der Waals surface area contributed by atoms with Gasteiger partial charge >= 0.3 is 0 Å². The summed E-state index contributed by atoms with van der Waals surface area (Å²) in [5.74, 6) is 0.146. The van der Waals surface area contributed by atoms with Gasteiger partial charge in [-0.05, 0) is 37.8 Å². The van der Waals surface area contributed by atoms with E-state index < -0.39 is 5.41 Å². The average Bonchev–Trinajstić information content (AvgIpc) is 3.07. The van der Waals surface area contributed by atoms with Gasteiger partial charge in [-0.25, -0.2) is 0 Å². The third-order valence-corrected chi connectivity index (χ3v) is 5.55. The third kappa shape index (κ3) is 2.81. The van der Waals surface area contributed by atoms with Crippen molar-refractivity contribution < 1.29 is 18.8 Å². The van der Waals surface area contributed by atoms with E-state index in [0.29, 0.717) is 44.8 Å². The van der Waals surface area contributed by atoms with Gasteiger partial charge in [0, 0.05) is 39.3 Å². The molecule has 0 radical (unpaired) electrons. The summed E-state index contributed by atoms with van der Waals surface area (Å²) in [7, 11) is 0. The summed E-state index contributed by atoms with van der Waals surface area (Å²) in [5, 5.41) is 0. The van der Waals surface area contributed by atoms with Crippen molar-refractivity contribution in [3.63, 3.8) is 0 Å². The fourth-order valence-corrected chi connectivity index (χ4v) is 3.84. The summed E-state index contributed by atoms with van der Waals surface area (Å²) in [6, 6.07) is 3.33. The van der Waals surface area contributed by atoms with Crippen molar-refractivity contribution in [3.8, 4) is 0 Å². The lowest BCUT2D eigenvalue weighted by Gasteiger charge is -2.36. The molecule has 0 unspecified atom stereocenters. The normalized spacial score (nSPS) is 22.2. The average molecular weight is 345 g/mol. The minimum atomic E-state index is -0.808. The number of piperazine rings is 1. The molecule has 7 nitrogen and oxygen atoms in total. The molecular formula is C18H23N3O4. The molecule has 0 bridgehead atoms. The Bertz CT molecular complexity index is 667. The van der Waals surface area contributed by atoms with Crippen molar-refractivity contribution in [1.29, 1.82) is 0 Å². The van der Waals surface area contributed by atoms with Crippen LogP contribution in [0.4, 0.5) is 0 Å². The molecule has 0 aromatic carbocycles. The van der Waals surface area contributed by atoms with Crippen molar-refractivity contribution in [2.45, 2.75) is 25.7 Å². The lowest BCUT2D eigenvalue weighted by molar-refractivity contribution is -0.149. The predicted octanol–water partition coefficient (Wildman–Crippen LogP) is 0.967. The van der Waals surface area contributed by atoms with E-state index in [0.717, 1.165) is 25.9 Å². The van der Waals surface area contributed by atoms with Crippen LogP contribution in [0.1, 0.15) is 36.2 Å². The summed E-state index contributed by atoms with van der Waals surface area (Å²) in [5.41, 5.74) is -0.808. The second kappa shape index (κ2) is 6.20. The molecule has 0 spiro atoms. The molecule has 1 aliphatic carbocycles. The Labute approximate surface area is 146 Å². The van der Waals surface area contributed by atoms with Crippen molar-refractivity contribution >= 4 is 17.7 Å². The Hall–Kier alpha value is -2.31. The minimum Gasteiger partial charge on any atom is -0.459 e. The zero-order valence-electron chi connectivity index (χ0n) is 14.3. The number of rotatable bonds is 3. The van der Waals surface area contributed by atoms with Crippen LogP contribution >= 0.6 is 0 Å². The van der Waals surface area contributed by atoms with Gasteiger partial charge in [0.05, 0.1) is 6.26 Å². The summed E-state index contributed by atoms with van der Waals surface area (Å²) in [6.07, 6.45) is 4.86. The van der Waals surface area contributed by atoms with Gasteiger partial charge in [0.25, 0.3) is 5.91 Å². The van der Waals surface area contributed by atoms with Crippen LogP contribution < -0.4 is 0 Å². The molecule has 2 aliphatic heterocycles. The van der Waals surface area contributed by atoms with E-state index >= 15 is 0 Å². The Morgan fingerprint density at radius 3 is 1.92 bits per heavy atom. The largest absolute Gasteiger partial charge is 0.459 e. The molecule has 3 aliphatic rings. The van der Waals surface area contributed by atoms with Gasteiger partial charge in [0.15, 0.2) is 5.76 Å². The lowest BCUT2D eigenvalue weighted by atomic mass is 10.0. The van der Waals surface area contributed by atoms with Crippen molar-refractivity contribution in [1.82, 2.24) is 14.7 Å². The molecule has 4 rings (SSSR count). The van der Waals surface area contributed by atoms with Crippen LogP contribution in [0.5, 0.6) is 0 Å². The van der Waals surface area contributed by atoms with Crippen molar-refractivity contribution in [3.05, 3.63) is 24.2 Å². The Kier molecular flexibility index (Phi) is 4.01. The lowest BCUT2D eigenvalue weighted by Crippen LogP contribution is -2.54. The van der Waals surface area contributed by atoms with E-state index in [9.17, 15) is 14.4 Å². The Balaban J connectivity index is 1.36. The van der Waals surface area contributed by atoms with Crippen LogP contribution in [-0.4, -0.2) is 71.7 Å². The summed E-state index contributed by atoms with van der Waals surface area (Å²) >= 11 is 0. The number of hydrogen-bond acceptors (Lipinski definition) is 4. The van der Waals surface area contributed by atoms with Crippen LogP contribution in [0.3, 0.4) is 0 Å². The second-order valence-corrected chi connectivity index (χ2v) is 7.14. The summed E-state index contributed by atoms with van der Waals surface area (Å²) < 4.78 is 5.15. The number of nitrogens with zero attached hydrogens (tertiary/aromatic N) is 3. The van der Waals surface area contributed by atoms with E-state index in [4.69, 9.17) is 4.42 Å². The zero-order chi connectivity index (χ0) is 17.4. The Morgan fingerprint density at radius 2 is 1.40 bits per heavy atom. The molecule has 3 heterocycles. The standard InChI is InChI=1S/C18H23N3O4/c22-15(14-4-3-13-25-14)19-9-11-21(12-10-19)17(24)18(5-6-18)16(23)20-7-1-2-8-20/h3-4,13H,1-2,5-12H2. The van der Waals surface area contributed by atoms with Gasteiger partial charge < -0.3 is 19.1 Å². The number of amides is 3. The second-order valence-electron chi connectivity index (χ2n) is 7.14. The smallest absolute Gasteiger partial charge is 0.289 e. The zero-order valence-corrected chi connectivity index (χ0v) is 14.3. The molecule has 25 heavy (non-hydrogen) atoms. The maximum atomic E-state index is 12.9. The molecule has 7 heteroatoms. The summed E-state index contributed by atoms with van der Waals surface area (Å²) in [6.45, 7) is 3.44. The molecule has 134 valence electrons. The molecule has 3 amide bonds. The Morgan fingerprint density at radius 1 is 0.840 bits per heavy atom. The van der Waals surface area contributed by atoms with Gasteiger partial charge in [0.1, 0.15) is 5.41 Å². The van der Waals surface area contributed by atoms with E-state index in [1.165, 1.54) is 6.26 Å². The molecule has 2 saturated heterocycles. The quantitative estimate of drug-likeness (QED) is 0.765. The fourth-order valence-electron chi connectivity index (χ4n) is 3.84. The van der Waals surface area contributed by atoms with Crippen LogP contribution in [0, 0.1) is 5.41 Å². The maximum Gasteiger partial charge on any atom is 0.289 e. The number of likely N-dealkylation sites (tertiary alicyclic amines) is 1. The third-order valence-electron chi connectivity index (χ3n) is 5.55. The SMILES string of the molecule is O=C(c1ccco1)N1CCN(C(=O)C2(C(=O)N3CCCC3)CC2)CC1. The van der Waals surface area contributed by atoms with E-state index in [1.54, 1.807) is 21.9 Å². The molecular weight excluding hydrogens is 322 g/mol. The van der Waals surface area contributed by atoms with Gasteiger partial charge in [-0.2, -0.15) is 0 Å². The predicted molar refractivity (Wildman–Crippen MR) is 88.7 cm³/mol. The highest BCUT2D eigenvalue weighted by Gasteiger charge is 2.59. The van der Waals surface area contributed by atoms with E-state index in [2.05, 4.69) is 0 Å². The number of carbonyl (C=O) groups excluding carboxylic acids is 3. The highest BCUT2D eigenvalue weighted by atomic mass is 16.3. The van der Waals surface area contributed by atoms with E-state index in [-0.39, 0.29) is 17.7 Å². The number of carbonyl (C=O) groups is 3. The summed E-state index contributed by atoms with van der Waals surface area (Å²) in [4.78, 5) is 43.3. The first-order valence-electron chi connectivity index (χ1n) is 9.03. The van der Waals surface area contributed by atoms with Gasteiger partial charge in [-0.1, -0.05) is 0 Å². The molecule has 1 saturated carbocycles. The topological polar surface area (TPSA) is 74.1 Å². The first-order chi connectivity index (χ1) is 12.1. The maximum absolute atomic E-state index is 12.9. The van der Waals surface area contributed by atoms with Gasteiger partial charge in [-0.15, -0.1) is 0 Å². The van der Waals surface area contributed by atoms with Crippen molar-refractivity contribution in [2.75, 3.05) is 39.3 Å². The molecule has 0 N–H and O–H groups in total. The molecule has 1 aromatic heterocycles. The highest BCUT2D eigenvalue weighted by molar-refractivity contribution is 6.08. The van der Waals surface area contributed by atoms with Gasteiger partial charge in [-0.3, -0.25) is 14.4 Å². The minimum absolute atomic E-state index is 0.0177. The monoisotopic (exact) mass is 345 g/mol. The van der Waals surface area contributed by atoms with Crippen LogP contribution in [-0.2, 0) is 9.59 Å². The number of furan rings is 1. The van der Waals surface area contributed by atoms with Crippen LogP contribution in [0.25, 0.3) is 0 Å². The molecule has 1 aromatic rings. The fraction of sp³-hybridized carbons (Fsp3) is 0.611.